The summed E-state index contributed by atoms with van der Waals surface area (Å²) in [6, 6.07) is 0. The predicted molar refractivity (Wildman–Crippen MR) is 58.4 cm³/mol. The van der Waals surface area contributed by atoms with E-state index in [9.17, 15) is 14.7 Å². The van der Waals surface area contributed by atoms with Crippen molar-refractivity contribution < 1.29 is 10.2 Å². The van der Waals surface area contributed by atoms with Crippen LogP contribution in [0, 0.1) is 6.92 Å². The summed E-state index contributed by atoms with van der Waals surface area (Å²) in [5.74, 6) is 0. The molecule has 0 saturated heterocycles. The van der Waals surface area contributed by atoms with Crippen molar-refractivity contribution in [1.82, 2.24) is 9.55 Å². The van der Waals surface area contributed by atoms with Crippen molar-refractivity contribution in [2.24, 2.45) is 0 Å². The maximum absolute atomic E-state index is 11.3. The molecule has 1 aromatic rings. The highest BCUT2D eigenvalue weighted by atomic mass is 16.3. The van der Waals surface area contributed by atoms with E-state index in [-0.39, 0.29) is 13.0 Å². The number of H-pyrrole nitrogens is 1. The first-order valence-electron chi connectivity index (χ1n) is 5.14. The minimum absolute atomic E-state index is 0.0826. The lowest BCUT2D eigenvalue weighted by atomic mass is 10.2. The van der Waals surface area contributed by atoms with E-state index in [0.717, 1.165) is 0 Å². The topological polar surface area (TPSA) is 95.3 Å². The summed E-state index contributed by atoms with van der Waals surface area (Å²) >= 11 is 0. The Morgan fingerprint density at radius 3 is 2.75 bits per heavy atom. The first-order valence-corrected chi connectivity index (χ1v) is 5.14. The maximum atomic E-state index is 11.3. The lowest BCUT2D eigenvalue weighted by molar-refractivity contribution is 0.120. The van der Waals surface area contributed by atoms with Crippen LogP contribution < -0.4 is 11.2 Å². The number of aryl methyl sites for hydroxylation is 2. The third-order valence-corrected chi connectivity index (χ3v) is 2.35. The van der Waals surface area contributed by atoms with Gasteiger partial charge in [0.2, 0.25) is 0 Å². The molecule has 1 unspecified atom stereocenters. The van der Waals surface area contributed by atoms with Crippen LogP contribution in [0.4, 0.5) is 0 Å². The van der Waals surface area contributed by atoms with Gasteiger partial charge < -0.3 is 14.8 Å². The molecule has 0 aromatic carbocycles. The van der Waals surface area contributed by atoms with Gasteiger partial charge in [-0.1, -0.05) is 0 Å². The van der Waals surface area contributed by atoms with Crippen molar-refractivity contribution >= 4 is 0 Å². The summed E-state index contributed by atoms with van der Waals surface area (Å²) in [6.45, 7) is 1.84. The second-order valence-corrected chi connectivity index (χ2v) is 3.72. The van der Waals surface area contributed by atoms with E-state index in [1.807, 2.05) is 0 Å². The zero-order valence-corrected chi connectivity index (χ0v) is 9.14. The molecule has 0 saturated carbocycles. The minimum atomic E-state index is -0.635. The molecule has 0 aliphatic rings. The zero-order chi connectivity index (χ0) is 12.1. The number of hydrogen-bond donors (Lipinski definition) is 3. The molecule has 3 N–H and O–H groups in total. The van der Waals surface area contributed by atoms with Gasteiger partial charge >= 0.3 is 5.69 Å². The summed E-state index contributed by atoms with van der Waals surface area (Å²) in [5, 5.41) is 18.0. The smallest absolute Gasteiger partial charge is 0.328 e. The third kappa shape index (κ3) is 3.32. The standard InChI is InChI=1S/C10H16N2O4/c1-7-6-12(10(16)11-9(7)15)4-2-8(14)3-5-13/h6,8,13-14H,2-5H2,1H3,(H,11,15,16). The van der Waals surface area contributed by atoms with Crippen LogP contribution in [0.1, 0.15) is 18.4 Å². The molecule has 6 nitrogen and oxygen atoms in total. The van der Waals surface area contributed by atoms with Crippen LogP contribution >= 0.6 is 0 Å². The highest BCUT2D eigenvalue weighted by Crippen LogP contribution is 1.98. The second-order valence-electron chi connectivity index (χ2n) is 3.72. The van der Waals surface area contributed by atoms with E-state index >= 15 is 0 Å². The molecule has 1 heterocycles. The van der Waals surface area contributed by atoms with E-state index in [1.54, 1.807) is 6.92 Å². The number of nitrogens with zero attached hydrogens (tertiary/aromatic N) is 1. The minimum Gasteiger partial charge on any atom is -0.396 e. The summed E-state index contributed by atoms with van der Waals surface area (Å²) in [5.41, 5.74) is -0.416. The van der Waals surface area contributed by atoms with Crippen molar-refractivity contribution in [3.63, 3.8) is 0 Å². The summed E-state index contributed by atoms with van der Waals surface area (Å²) in [7, 11) is 0. The molecule has 1 rings (SSSR count). The monoisotopic (exact) mass is 228 g/mol. The van der Waals surface area contributed by atoms with Gasteiger partial charge in [0.25, 0.3) is 5.56 Å². The van der Waals surface area contributed by atoms with Gasteiger partial charge in [0.15, 0.2) is 0 Å². The molecule has 0 spiro atoms. The van der Waals surface area contributed by atoms with Gasteiger partial charge in [0.1, 0.15) is 0 Å². The van der Waals surface area contributed by atoms with Crippen molar-refractivity contribution in [1.29, 1.82) is 0 Å². The van der Waals surface area contributed by atoms with Crippen LogP contribution in [0.3, 0.4) is 0 Å². The quantitative estimate of drug-likeness (QED) is 0.601. The molecular weight excluding hydrogens is 212 g/mol. The Morgan fingerprint density at radius 1 is 1.44 bits per heavy atom. The predicted octanol–water partition coefficient (Wildman–Crippen LogP) is -1.02. The Balaban J connectivity index is 2.71. The van der Waals surface area contributed by atoms with Crippen LogP contribution in [0.2, 0.25) is 0 Å². The van der Waals surface area contributed by atoms with Crippen molar-refractivity contribution in [2.75, 3.05) is 6.61 Å². The van der Waals surface area contributed by atoms with Gasteiger partial charge in [-0.3, -0.25) is 9.78 Å². The highest BCUT2D eigenvalue weighted by molar-refractivity contribution is 5.00. The molecular formula is C10H16N2O4. The van der Waals surface area contributed by atoms with Gasteiger partial charge in [0.05, 0.1) is 6.10 Å². The second kappa shape index (κ2) is 5.62. The number of aliphatic hydroxyl groups is 2. The van der Waals surface area contributed by atoms with Gasteiger partial charge in [0, 0.05) is 24.9 Å². The Kier molecular flexibility index (Phi) is 4.45. The Morgan fingerprint density at radius 2 is 2.12 bits per heavy atom. The van der Waals surface area contributed by atoms with E-state index in [2.05, 4.69) is 4.98 Å². The fourth-order valence-corrected chi connectivity index (χ4v) is 1.37. The van der Waals surface area contributed by atoms with Crippen molar-refractivity contribution in [3.8, 4) is 0 Å². The summed E-state index contributed by atoms with van der Waals surface area (Å²) < 4.78 is 1.34. The average molecular weight is 228 g/mol. The average Bonchev–Trinajstić information content (AvgIpc) is 2.22. The van der Waals surface area contributed by atoms with Crippen molar-refractivity contribution in [2.45, 2.75) is 32.4 Å². The van der Waals surface area contributed by atoms with E-state index in [4.69, 9.17) is 5.11 Å². The fourth-order valence-electron chi connectivity index (χ4n) is 1.37. The number of nitrogens with one attached hydrogen (secondary N) is 1. The SMILES string of the molecule is Cc1cn(CCC(O)CCO)c(=O)[nH]c1=O. The molecule has 0 amide bonds. The molecule has 0 fully saturated rings. The van der Waals surface area contributed by atoms with Crippen LogP contribution in [-0.4, -0.2) is 32.5 Å². The number of rotatable bonds is 5. The number of hydrogen-bond acceptors (Lipinski definition) is 4. The van der Waals surface area contributed by atoms with Gasteiger partial charge in [-0.2, -0.15) is 0 Å². The van der Waals surface area contributed by atoms with Gasteiger partial charge in [-0.05, 0) is 19.8 Å². The summed E-state index contributed by atoms with van der Waals surface area (Å²) in [6.07, 6.45) is 1.49. The van der Waals surface area contributed by atoms with Gasteiger partial charge in [-0.15, -0.1) is 0 Å². The van der Waals surface area contributed by atoms with Crippen LogP contribution in [0.15, 0.2) is 15.8 Å². The largest absolute Gasteiger partial charge is 0.396 e. The van der Waals surface area contributed by atoms with Crippen molar-refractivity contribution in [3.05, 3.63) is 32.6 Å². The molecule has 1 aromatic heterocycles. The van der Waals surface area contributed by atoms with Crippen LogP contribution in [-0.2, 0) is 6.54 Å². The molecule has 0 bridgehead atoms. The first kappa shape index (κ1) is 12.7. The number of aromatic amines is 1. The first-order chi connectivity index (χ1) is 7.54. The number of aliphatic hydroxyl groups excluding tert-OH is 2. The molecule has 1 atom stereocenters. The molecule has 0 radical (unpaired) electrons. The van der Waals surface area contributed by atoms with E-state index in [1.165, 1.54) is 10.8 Å². The van der Waals surface area contributed by atoms with Crippen LogP contribution in [0.5, 0.6) is 0 Å². The Hall–Kier alpha value is -1.40. The zero-order valence-electron chi connectivity index (χ0n) is 9.14. The lowest BCUT2D eigenvalue weighted by Gasteiger charge is -2.10. The Labute approximate surface area is 92.2 Å². The number of aromatic nitrogens is 2. The molecule has 0 aliphatic carbocycles. The fraction of sp³-hybridized carbons (Fsp3) is 0.600. The molecule has 16 heavy (non-hydrogen) atoms. The third-order valence-electron chi connectivity index (χ3n) is 2.35. The van der Waals surface area contributed by atoms with Crippen LogP contribution in [0.25, 0.3) is 0 Å². The van der Waals surface area contributed by atoms with E-state index in [0.29, 0.717) is 18.5 Å². The summed E-state index contributed by atoms with van der Waals surface area (Å²) in [4.78, 5) is 24.6. The van der Waals surface area contributed by atoms with E-state index < -0.39 is 17.4 Å². The molecule has 6 heteroatoms. The highest BCUT2D eigenvalue weighted by Gasteiger charge is 2.05. The normalized spacial score (nSPS) is 12.7. The Bertz CT molecular complexity index is 449. The lowest BCUT2D eigenvalue weighted by Crippen LogP contribution is -2.31. The molecule has 90 valence electrons. The van der Waals surface area contributed by atoms with Gasteiger partial charge in [-0.25, -0.2) is 4.79 Å². The molecule has 0 aliphatic heterocycles. The maximum Gasteiger partial charge on any atom is 0.328 e.